The number of amides is 2. The average molecular weight is 376 g/mol. The lowest BCUT2D eigenvalue weighted by molar-refractivity contribution is -0.116. The summed E-state index contributed by atoms with van der Waals surface area (Å²) in [5, 5.41) is 2.88. The van der Waals surface area contributed by atoms with Crippen LogP contribution in [0.3, 0.4) is 0 Å². The fourth-order valence-electron chi connectivity index (χ4n) is 3.23. The third kappa shape index (κ3) is 3.46. The maximum absolute atomic E-state index is 13.3. The molecule has 1 atom stereocenters. The van der Waals surface area contributed by atoms with Crippen molar-refractivity contribution in [3.63, 3.8) is 0 Å². The highest BCUT2D eigenvalue weighted by molar-refractivity contribution is 5.97. The van der Waals surface area contributed by atoms with Crippen LogP contribution < -0.4 is 5.32 Å². The minimum atomic E-state index is -0.501. The van der Waals surface area contributed by atoms with Gasteiger partial charge in [0.2, 0.25) is 0 Å². The number of urea groups is 1. The van der Waals surface area contributed by atoms with Crippen LogP contribution in [-0.4, -0.2) is 26.7 Å². The number of hydrogen-bond acceptors (Lipinski definition) is 4. The monoisotopic (exact) mass is 376 g/mol. The maximum atomic E-state index is 13.3. The van der Waals surface area contributed by atoms with E-state index >= 15 is 0 Å². The molecule has 1 aliphatic heterocycles. The van der Waals surface area contributed by atoms with Crippen LogP contribution >= 0.6 is 0 Å². The van der Waals surface area contributed by atoms with Gasteiger partial charge in [0.15, 0.2) is 5.78 Å². The van der Waals surface area contributed by atoms with E-state index in [1.54, 1.807) is 30.6 Å². The van der Waals surface area contributed by atoms with Crippen LogP contribution in [0.1, 0.15) is 23.6 Å². The number of carbonyl (C=O) groups is 2. The second-order valence-electron chi connectivity index (χ2n) is 6.60. The van der Waals surface area contributed by atoms with Gasteiger partial charge in [-0.1, -0.05) is 12.1 Å². The zero-order valence-corrected chi connectivity index (χ0v) is 15.1. The molecule has 3 aromatic rings. The molecule has 1 aromatic heterocycles. The number of nitrogens with one attached hydrogen (secondary N) is 1. The summed E-state index contributed by atoms with van der Waals surface area (Å²) >= 11 is 0. The molecule has 140 valence electrons. The first-order chi connectivity index (χ1) is 13.5. The lowest BCUT2D eigenvalue weighted by Gasteiger charge is -2.31. The number of halogens is 1. The van der Waals surface area contributed by atoms with Crippen LogP contribution in [0.2, 0.25) is 0 Å². The Morgan fingerprint density at radius 3 is 2.54 bits per heavy atom. The summed E-state index contributed by atoms with van der Waals surface area (Å²) in [6, 6.07) is 8.54. The molecule has 1 aliphatic rings. The molecule has 7 heteroatoms. The first-order valence-corrected chi connectivity index (χ1v) is 8.78. The third-order valence-electron chi connectivity index (χ3n) is 4.70. The van der Waals surface area contributed by atoms with Crippen molar-refractivity contribution in [2.75, 3.05) is 5.32 Å². The molecule has 0 radical (unpaired) electrons. The second-order valence-corrected chi connectivity index (χ2v) is 6.60. The van der Waals surface area contributed by atoms with Gasteiger partial charge in [-0.2, -0.15) is 0 Å². The van der Waals surface area contributed by atoms with Gasteiger partial charge in [-0.25, -0.2) is 9.18 Å². The summed E-state index contributed by atoms with van der Waals surface area (Å²) in [7, 11) is 0. The highest BCUT2D eigenvalue weighted by Gasteiger charge is 2.29. The van der Waals surface area contributed by atoms with Crippen LogP contribution in [0.5, 0.6) is 0 Å². The number of nitrogens with zero attached hydrogens (tertiary/aromatic N) is 3. The van der Waals surface area contributed by atoms with Gasteiger partial charge in [-0.15, -0.1) is 0 Å². The van der Waals surface area contributed by atoms with E-state index in [0.717, 1.165) is 11.1 Å². The van der Waals surface area contributed by atoms with E-state index in [0.29, 0.717) is 16.8 Å². The number of allylic oxidation sites excluding steroid dienone is 1. The molecule has 6 nitrogen and oxygen atoms in total. The maximum Gasteiger partial charge on any atom is 0.326 e. The standard InChI is InChI=1S/C21H17FN4O2/c1-13-10-18-19(24-8-7-23-18)12-17(13)25-21(28)26-9-6-16(27)11-20(26)14-2-4-15(22)5-3-14/h2-10,12,20H,11H2,1H3,(H,25,28)/t20-/m0/s1. The van der Waals surface area contributed by atoms with Crippen molar-refractivity contribution in [1.82, 2.24) is 14.9 Å². The van der Waals surface area contributed by atoms with E-state index in [1.807, 2.05) is 13.0 Å². The zero-order valence-electron chi connectivity index (χ0n) is 15.1. The largest absolute Gasteiger partial charge is 0.326 e. The quantitative estimate of drug-likeness (QED) is 0.729. The minimum absolute atomic E-state index is 0.0875. The number of fused-ring (bicyclic) bond motifs is 1. The second kappa shape index (κ2) is 7.19. The molecule has 0 unspecified atom stereocenters. The Hall–Kier alpha value is -3.61. The highest BCUT2D eigenvalue weighted by Crippen LogP contribution is 2.30. The van der Waals surface area contributed by atoms with Crippen molar-refractivity contribution in [3.05, 3.63) is 78.0 Å². The Balaban J connectivity index is 1.64. The molecule has 1 N–H and O–H groups in total. The van der Waals surface area contributed by atoms with E-state index < -0.39 is 6.04 Å². The average Bonchev–Trinajstić information content (AvgIpc) is 2.69. The van der Waals surface area contributed by atoms with Crippen molar-refractivity contribution >= 4 is 28.5 Å². The van der Waals surface area contributed by atoms with Gasteiger partial charge < -0.3 is 5.32 Å². The molecule has 0 saturated heterocycles. The number of aryl methyl sites for hydroxylation is 1. The predicted octanol–water partition coefficient (Wildman–Crippen LogP) is 4.14. The van der Waals surface area contributed by atoms with E-state index in [4.69, 9.17) is 0 Å². The van der Waals surface area contributed by atoms with Gasteiger partial charge in [0, 0.05) is 30.7 Å². The molecule has 2 aromatic carbocycles. The molecule has 0 fully saturated rings. The van der Waals surface area contributed by atoms with E-state index in [2.05, 4.69) is 15.3 Å². The molecule has 2 heterocycles. The molecule has 0 bridgehead atoms. The number of rotatable bonds is 2. The Labute approximate surface area is 160 Å². The van der Waals surface area contributed by atoms with Crippen LogP contribution in [0.15, 0.2) is 61.1 Å². The minimum Gasteiger partial charge on any atom is -0.307 e. The molecule has 0 saturated carbocycles. The van der Waals surface area contributed by atoms with Crippen molar-refractivity contribution in [3.8, 4) is 0 Å². The first-order valence-electron chi connectivity index (χ1n) is 8.78. The normalized spacial score (nSPS) is 16.4. The van der Waals surface area contributed by atoms with E-state index in [1.165, 1.54) is 29.3 Å². The Kier molecular flexibility index (Phi) is 4.57. The van der Waals surface area contributed by atoms with Crippen molar-refractivity contribution < 1.29 is 14.0 Å². The van der Waals surface area contributed by atoms with Crippen LogP contribution in [0.25, 0.3) is 11.0 Å². The molecule has 0 aliphatic carbocycles. The van der Waals surface area contributed by atoms with Gasteiger partial charge in [0.05, 0.1) is 17.1 Å². The number of hydrogen-bond donors (Lipinski definition) is 1. The SMILES string of the molecule is Cc1cc2nccnc2cc1NC(=O)N1C=CC(=O)C[C@H]1c1ccc(F)cc1. The Morgan fingerprint density at radius 1 is 1.14 bits per heavy atom. The summed E-state index contributed by atoms with van der Waals surface area (Å²) in [5.74, 6) is -0.458. The van der Waals surface area contributed by atoms with Crippen LogP contribution in [-0.2, 0) is 4.79 Å². The van der Waals surface area contributed by atoms with Gasteiger partial charge in [0.25, 0.3) is 0 Å². The number of ketones is 1. The van der Waals surface area contributed by atoms with Gasteiger partial charge >= 0.3 is 6.03 Å². The van der Waals surface area contributed by atoms with Crippen molar-refractivity contribution in [2.24, 2.45) is 0 Å². The van der Waals surface area contributed by atoms with Gasteiger partial charge in [0.1, 0.15) is 5.82 Å². The summed E-state index contributed by atoms with van der Waals surface area (Å²) in [4.78, 5) is 34.8. The number of benzene rings is 2. The predicted molar refractivity (Wildman–Crippen MR) is 103 cm³/mol. The van der Waals surface area contributed by atoms with Crippen molar-refractivity contribution in [1.29, 1.82) is 0 Å². The van der Waals surface area contributed by atoms with Crippen LogP contribution in [0.4, 0.5) is 14.9 Å². The highest BCUT2D eigenvalue weighted by atomic mass is 19.1. The fourth-order valence-corrected chi connectivity index (χ4v) is 3.23. The Bertz CT molecular complexity index is 1100. The molecule has 4 rings (SSSR count). The summed E-state index contributed by atoms with van der Waals surface area (Å²) < 4.78 is 13.3. The summed E-state index contributed by atoms with van der Waals surface area (Å²) in [6.45, 7) is 1.87. The van der Waals surface area contributed by atoms with Crippen molar-refractivity contribution in [2.45, 2.75) is 19.4 Å². The third-order valence-corrected chi connectivity index (χ3v) is 4.70. The fraction of sp³-hybridized carbons (Fsp3) is 0.143. The topological polar surface area (TPSA) is 75.2 Å². The number of anilines is 1. The zero-order chi connectivity index (χ0) is 19.7. The van der Waals surface area contributed by atoms with E-state index in [9.17, 15) is 14.0 Å². The molecule has 28 heavy (non-hydrogen) atoms. The summed E-state index contributed by atoms with van der Waals surface area (Å²) in [6.07, 6.45) is 6.18. The molecular weight excluding hydrogens is 359 g/mol. The number of aromatic nitrogens is 2. The first kappa shape index (κ1) is 17.8. The molecular formula is C21H17FN4O2. The lowest BCUT2D eigenvalue weighted by Crippen LogP contribution is -2.37. The Morgan fingerprint density at radius 2 is 1.82 bits per heavy atom. The summed E-state index contributed by atoms with van der Waals surface area (Å²) in [5.41, 5.74) is 3.56. The lowest BCUT2D eigenvalue weighted by atomic mass is 9.97. The van der Waals surface area contributed by atoms with Gasteiger partial charge in [-0.05, 0) is 48.4 Å². The van der Waals surface area contributed by atoms with Gasteiger partial charge in [-0.3, -0.25) is 19.7 Å². The molecule has 0 spiro atoms. The smallest absolute Gasteiger partial charge is 0.307 e. The number of carbonyl (C=O) groups excluding carboxylic acids is 2. The van der Waals surface area contributed by atoms with Crippen LogP contribution in [0, 0.1) is 12.7 Å². The molecule has 2 amide bonds. The van der Waals surface area contributed by atoms with E-state index in [-0.39, 0.29) is 24.1 Å².